The summed E-state index contributed by atoms with van der Waals surface area (Å²) < 4.78 is 0. The fraction of sp³-hybridized carbons (Fsp3) is 0.864. The lowest BCUT2D eigenvalue weighted by atomic mass is 9.50. The van der Waals surface area contributed by atoms with E-state index in [1.165, 1.54) is 37.9 Å². The molecule has 2 nitrogen and oxygen atoms in total. The molecule has 6 unspecified atom stereocenters. The molecule has 0 radical (unpaired) electrons. The Balaban J connectivity index is 0.000000815. The normalized spacial score (nSPS) is 47.0. The lowest BCUT2D eigenvalue weighted by Gasteiger charge is -2.59. The predicted molar refractivity (Wildman–Crippen MR) is 101 cm³/mol. The minimum Gasteiger partial charge on any atom is -0.377 e. The van der Waals surface area contributed by atoms with Crippen LogP contribution in [0.25, 0.3) is 0 Å². The Morgan fingerprint density at radius 2 is 1.88 bits per heavy atom. The minimum absolute atomic E-state index is 0.249. The minimum atomic E-state index is 0.249. The molecule has 24 heavy (non-hydrogen) atoms. The second-order valence-corrected chi connectivity index (χ2v) is 9.41. The van der Waals surface area contributed by atoms with Gasteiger partial charge in [0.2, 0.25) is 0 Å². The zero-order valence-corrected chi connectivity index (χ0v) is 16.7. The first-order valence-electron chi connectivity index (χ1n) is 10.3. The molecule has 3 fully saturated rings. The summed E-state index contributed by atoms with van der Waals surface area (Å²) in [5.41, 5.74) is 2.18. The molecule has 0 aromatic carbocycles. The van der Waals surface area contributed by atoms with Gasteiger partial charge in [-0.2, -0.15) is 0 Å². The van der Waals surface area contributed by atoms with E-state index in [1.54, 1.807) is 0 Å². The summed E-state index contributed by atoms with van der Waals surface area (Å²) in [5, 5.41) is 0. The zero-order chi connectivity index (χ0) is 17.7. The number of piperidine rings is 1. The highest BCUT2D eigenvalue weighted by Gasteiger charge is 2.58. The van der Waals surface area contributed by atoms with Crippen LogP contribution in [-0.4, -0.2) is 24.3 Å². The molecule has 4 rings (SSSR count). The summed E-state index contributed by atoms with van der Waals surface area (Å²) in [6.07, 6.45) is 9.45. The van der Waals surface area contributed by atoms with Gasteiger partial charge in [-0.3, -0.25) is 4.79 Å². The number of rotatable bonds is 0. The van der Waals surface area contributed by atoms with Gasteiger partial charge in [0.25, 0.3) is 0 Å². The van der Waals surface area contributed by atoms with E-state index < -0.39 is 0 Å². The fourth-order valence-electron chi connectivity index (χ4n) is 6.99. The summed E-state index contributed by atoms with van der Waals surface area (Å²) in [7, 11) is 2.23. The van der Waals surface area contributed by atoms with Crippen LogP contribution in [0.5, 0.6) is 0 Å². The highest BCUT2D eigenvalue weighted by Crippen LogP contribution is 2.64. The van der Waals surface area contributed by atoms with Gasteiger partial charge in [0.1, 0.15) is 0 Å². The van der Waals surface area contributed by atoms with Crippen LogP contribution < -0.4 is 0 Å². The molecule has 2 heteroatoms. The number of carbonyl (C=O) groups is 1. The van der Waals surface area contributed by atoms with E-state index in [1.807, 2.05) is 19.9 Å². The third kappa shape index (κ3) is 2.56. The molecule has 0 N–H and O–H groups in total. The Bertz CT molecular complexity index is 538. The van der Waals surface area contributed by atoms with Crippen molar-refractivity contribution in [3.8, 4) is 0 Å². The van der Waals surface area contributed by atoms with E-state index in [9.17, 15) is 4.79 Å². The van der Waals surface area contributed by atoms with Crippen molar-refractivity contribution in [3.05, 3.63) is 11.8 Å². The molecule has 1 aliphatic heterocycles. The number of nitrogens with zero attached hydrogens (tertiary/aromatic N) is 1. The Hall–Kier alpha value is -0.790. The first-order valence-corrected chi connectivity index (χ1v) is 10.3. The quantitative estimate of drug-likeness (QED) is 0.601. The standard InChI is InChI=1S/C20H31NO.C2H6/c1-13-9-17-15-12-21(4)18-10-14(22)5-8-20(18,3)16(15)6-7-19(17,2)11-13;1-2/h10,13,15-17H,5-9,11-12H2,1-4H3;1-2H3. The molecule has 136 valence electrons. The molecule has 6 atom stereocenters. The molecular formula is C22H37NO. The van der Waals surface area contributed by atoms with Gasteiger partial charge in [0, 0.05) is 37.2 Å². The van der Waals surface area contributed by atoms with E-state index in [0.29, 0.717) is 11.2 Å². The Morgan fingerprint density at radius 3 is 2.58 bits per heavy atom. The van der Waals surface area contributed by atoms with Crippen molar-refractivity contribution in [2.75, 3.05) is 13.6 Å². The molecule has 0 spiro atoms. The maximum Gasteiger partial charge on any atom is 0.157 e. The molecule has 0 aromatic rings. The number of allylic oxidation sites excluding steroid dienone is 2. The van der Waals surface area contributed by atoms with E-state index in [4.69, 9.17) is 0 Å². The average molecular weight is 332 g/mol. The third-order valence-corrected chi connectivity index (χ3v) is 7.91. The molecule has 1 saturated heterocycles. The largest absolute Gasteiger partial charge is 0.377 e. The topological polar surface area (TPSA) is 20.3 Å². The number of carbonyl (C=O) groups excluding carboxylic acids is 1. The average Bonchev–Trinajstić information content (AvgIpc) is 2.86. The van der Waals surface area contributed by atoms with Gasteiger partial charge in [0.05, 0.1) is 0 Å². The lowest BCUT2D eigenvalue weighted by Crippen LogP contribution is -2.56. The van der Waals surface area contributed by atoms with Gasteiger partial charge < -0.3 is 4.90 Å². The number of hydrogen-bond acceptors (Lipinski definition) is 2. The number of hydrogen-bond donors (Lipinski definition) is 0. The van der Waals surface area contributed by atoms with E-state index >= 15 is 0 Å². The van der Waals surface area contributed by atoms with Gasteiger partial charge in [-0.05, 0) is 61.2 Å². The van der Waals surface area contributed by atoms with Crippen LogP contribution in [0.3, 0.4) is 0 Å². The Kier molecular flexibility index (Phi) is 4.64. The van der Waals surface area contributed by atoms with E-state index in [-0.39, 0.29) is 5.41 Å². The first-order chi connectivity index (χ1) is 11.3. The van der Waals surface area contributed by atoms with Crippen molar-refractivity contribution in [2.24, 2.45) is 34.5 Å². The van der Waals surface area contributed by atoms with Crippen molar-refractivity contribution in [3.63, 3.8) is 0 Å². The van der Waals surface area contributed by atoms with Crippen molar-refractivity contribution in [1.82, 2.24) is 4.90 Å². The molecular weight excluding hydrogens is 294 g/mol. The summed E-state index contributed by atoms with van der Waals surface area (Å²) in [4.78, 5) is 14.4. The molecule has 4 aliphatic rings. The second kappa shape index (κ2) is 6.18. The van der Waals surface area contributed by atoms with E-state index in [2.05, 4.69) is 32.7 Å². The van der Waals surface area contributed by atoms with E-state index in [0.717, 1.165) is 36.5 Å². The Morgan fingerprint density at radius 1 is 1.17 bits per heavy atom. The Labute approximate surface area is 149 Å². The summed E-state index contributed by atoms with van der Waals surface area (Å²) in [6.45, 7) is 12.7. The van der Waals surface area contributed by atoms with Crippen molar-refractivity contribution >= 4 is 5.78 Å². The smallest absolute Gasteiger partial charge is 0.157 e. The van der Waals surface area contributed by atoms with Crippen LogP contribution in [0.4, 0.5) is 0 Å². The molecule has 0 bridgehead atoms. The molecule has 0 amide bonds. The van der Waals surface area contributed by atoms with Crippen molar-refractivity contribution < 1.29 is 4.79 Å². The van der Waals surface area contributed by atoms with Gasteiger partial charge in [-0.25, -0.2) is 0 Å². The van der Waals surface area contributed by atoms with Gasteiger partial charge in [-0.1, -0.05) is 34.6 Å². The van der Waals surface area contributed by atoms with Crippen LogP contribution in [0.2, 0.25) is 0 Å². The predicted octanol–water partition coefficient (Wildman–Crippen LogP) is 5.29. The highest BCUT2D eigenvalue weighted by molar-refractivity contribution is 5.91. The first kappa shape index (κ1) is 18.0. The highest BCUT2D eigenvalue weighted by atomic mass is 16.1. The fourth-order valence-corrected chi connectivity index (χ4v) is 6.99. The van der Waals surface area contributed by atoms with Gasteiger partial charge in [0.15, 0.2) is 5.78 Å². The summed E-state index contributed by atoms with van der Waals surface area (Å²) >= 11 is 0. The summed E-state index contributed by atoms with van der Waals surface area (Å²) in [6, 6.07) is 0. The molecule has 3 aliphatic carbocycles. The van der Waals surface area contributed by atoms with Crippen LogP contribution in [0, 0.1) is 34.5 Å². The van der Waals surface area contributed by atoms with Crippen LogP contribution >= 0.6 is 0 Å². The molecule has 1 heterocycles. The van der Waals surface area contributed by atoms with Crippen molar-refractivity contribution in [2.45, 2.75) is 73.1 Å². The van der Waals surface area contributed by atoms with Crippen LogP contribution in [-0.2, 0) is 4.79 Å². The number of likely N-dealkylation sites (tertiary alicyclic amines) is 1. The number of ketones is 1. The maximum absolute atomic E-state index is 11.9. The van der Waals surface area contributed by atoms with Gasteiger partial charge >= 0.3 is 0 Å². The summed E-state index contributed by atoms with van der Waals surface area (Å²) in [5.74, 6) is 3.78. The van der Waals surface area contributed by atoms with Crippen molar-refractivity contribution in [1.29, 1.82) is 0 Å². The molecule has 2 saturated carbocycles. The third-order valence-electron chi connectivity index (χ3n) is 7.91. The van der Waals surface area contributed by atoms with Gasteiger partial charge in [-0.15, -0.1) is 0 Å². The lowest BCUT2D eigenvalue weighted by molar-refractivity contribution is -0.118. The maximum atomic E-state index is 11.9. The van der Waals surface area contributed by atoms with Crippen LogP contribution in [0.15, 0.2) is 11.8 Å². The monoisotopic (exact) mass is 331 g/mol. The SMILES string of the molecule is CC.CC1CC2C3CN(C)C4=CC(=O)CCC4(C)C3CCC2(C)C1. The molecule has 0 aromatic heterocycles. The second-order valence-electron chi connectivity index (χ2n) is 9.41. The number of fused-ring (bicyclic) bond motifs is 5. The zero-order valence-electron chi connectivity index (χ0n) is 16.7. The van der Waals surface area contributed by atoms with Crippen LogP contribution in [0.1, 0.15) is 73.1 Å².